The first-order valence-electron chi connectivity index (χ1n) is 12.2. The van der Waals surface area contributed by atoms with Crippen molar-refractivity contribution >= 4 is 43.5 Å². The van der Waals surface area contributed by atoms with E-state index < -0.39 is 34.3 Å². The monoisotopic (exact) mass is 603 g/mol. The number of benzene rings is 3. The highest BCUT2D eigenvalue weighted by molar-refractivity contribution is 9.10. The second kappa shape index (κ2) is 13.5. The van der Waals surface area contributed by atoms with Crippen LogP contribution >= 0.6 is 15.9 Å². The Bertz CT molecular complexity index is 1340. The van der Waals surface area contributed by atoms with Gasteiger partial charge in [-0.15, -0.1) is 0 Å². The molecule has 1 N–H and O–H groups in total. The van der Waals surface area contributed by atoms with Gasteiger partial charge in [0.2, 0.25) is 21.8 Å². The highest BCUT2D eigenvalue weighted by atomic mass is 79.9. The van der Waals surface area contributed by atoms with E-state index in [0.29, 0.717) is 6.54 Å². The molecule has 7 nitrogen and oxygen atoms in total. The summed E-state index contributed by atoms with van der Waals surface area (Å²) >= 11 is 3.44. The largest absolute Gasteiger partial charge is 0.354 e. The van der Waals surface area contributed by atoms with Gasteiger partial charge >= 0.3 is 0 Å². The highest BCUT2D eigenvalue weighted by Gasteiger charge is 2.33. The minimum Gasteiger partial charge on any atom is -0.354 e. The van der Waals surface area contributed by atoms with Gasteiger partial charge in [-0.25, -0.2) is 12.8 Å². The van der Waals surface area contributed by atoms with E-state index in [-0.39, 0.29) is 24.6 Å². The number of halogens is 2. The van der Waals surface area contributed by atoms with Crippen LogP contribution in [0.1, 0.15) is 24.5 Å². The summed E-state index contributed by atoms with van der Waals surface area (Å²) < 4.78 is 40.6. The molecule has 0 saturated heterocycles. The zero-order chi connectivity index (χ0) is 27.7. The maximum Gasteiger partial charge on any atom is 0.244 e. The molecule has 10 heteroatoms. The van der Waals surface area contributed by atoms with Gasteiger partial charge in [0.25, 0.3) is 0 Å². The SMILES string of the molecule is CCCNC(=O)C(Cc1ccccc1)N(Cc1cccc(Br)c1)C(=O)CN(c1ccc(F)cc1)S(C)(=O)=O. The minimum atomic E-state index is -3.90. The molecule has 38 heavy (non-hydrogen) atoms. The van der Waals surface area contributed by atoms with Crippen molar-refractivity contribution in [3.63, 3.8) is 0 Å². The molecule has 0 aliphatic heterocycles. The van der Waals surface area contributed by atoms with Crippen molar-refractivity contribution in [3.05, 3.63) is 100 Å². The van der Waals surface area contributed by atoms with E-state index in [1.807, 2.05) is 61.5 Å². The van der Waals surface area contributed by atoms with Crippen LogP contribution in [0, 0.1) is 5.82 Å². The van der Waals surface area contributed by atoms with Gasteiger partial charge in [0, 0.05) is 24.0 Å². The second-order valence-electron chi connectivity index (χ2n) is 8.89. The number of amides is 2. The van der Waals surface area contributed by atoms with E-state index in [1.54, 1.807) is 0 Å². The molecule has 0 fully saturated rings. The van der Waals surface area contributed by atoms with Crippen LogP contribution in [0.5, 0.6) is 0 Å². The molecular weight excluding hydrogens is 573 g/mol. The zero-order valence-electron chi connectivity index (χ0n) is 21.3. The molecule has 0 aromatic heterocycles. The molecule has 3 aromatic carbocycles. The Morgan fingerprint density at radius 2 is 1.63 bits per heavy atom. The molecule has 0 aliphatic rings. The normalized spacial score (nSPS) is 12.0. The molecule has 0 bridgehead atoms. The topological polar surface area (TPSA) is 86.8 Å². The third-order valence-corrected chi connectivity index (χ3v) is 7.49. The summed E-state index contributed by atoms with van der Waals surface area (Å²) in [5, 5.41) is 2.89. The van der Waals surface area contributed by atoms with Crippen molar-refractivity contribution in [1.29, 1.82) is 0 Å². The Morgan fingerprint density at radius 1 is 0.974 bits per heavy atom. The first-order chi connectivity index (χ1) is 18.1. The van der Waals surface area contributed by atoms with Crippen LogP contribution in [-0.2, 0) is 32.6 Å². The molecule has 1 unspecified atom stereocenters. The maximum atomic E-state index is 13.9. The van der Waals surface area contributed by atoms with E-state index in [4.69, 9.17) is 0 Å². The number of hydrogen-bond acceptors (Lipinski definition) is 4. The third-order valence-electron chi connectivity index (χ3n) is 5.86. The molecule has 3 rings (SSSR count). The minimum absolute atomic E-state index is 0.0797. The van der Waals surface area contributed by atoms with Crippen LogP contribution in [0.25, 0.3) is 0 Å². The number of hydrogen-bond donors (Lipinski definition) is 1. The molecule has 0 aliphatic carbocycles. The van der Waals surface area contributed by atoms with Gasteiger partial charge in [-0.1, -0.05) is 65.3 Å². The lowest BCUT2D eigenvalue weighted by molar-refractivity contribution is -0.140. The number of carbonyl (C=O) groups is 2. The molecule has 2 amide bonds. The Balaban J connectivity index is 2.03. The van der Waals surface area contributed by atoms with Gasteiger partial charge in [-0.2, -0.15) is 0 Å². The molecule has 0 heterocycles. The molecule has 3 aromatic rings. The Labute approximate surface area is 231 Å². The van der Waals surface area contributed by atoms with Crippen molar-refractivity contribution in [2.24, 2.45) is 0 Å². The summed E-state index contributed by atoms with van der Waals surface area (Å²) in [5.74, 6) is -1.42. The average Bonchev–Trinajstić information content (AvgIpc) is 2.88. The lowest BCUT2D eigenvalue weighted by Crippen LogP contribution is -2.53. The van der Waals surface area contributed by atoms with Gasteiger partial charge in [-0.3, -0.25) is 13.9 Å². The number of anilines is 1. The van der Waals surface area contributed by atoms with Crippen LogP contribution in [0.4, 0.5) is 10.1 Å². The van der Waals surface area contributed by atoms with E-state index >= 15 is 0 Å². The fraction of sp³-hybridized carbons (Fsp3) is 0.286. The molecule has 0 radical (unpaired) electrons. The predicted octanol–water partition coefficient (Wildman–Crippen LogP) is 4.52. The van der Waals surface area contributed by atoms with Crippen LogP contribution in [-0.4, -0.2) is 50.5 Å². The molecule has 1 atom stereocenters. The predicted molar refractivity (Wildman–Crippen MR) is 151 cm³/mol. The van der Waals surface area contributed by atoms with E-state index in [1.165, 1.54) is 17.0 Å². The fourth-order valence-electron chi connectivity index (χ4n) is 3.97. The zero-order valence-corrected chi connectivity index (χ0v) is 23.7. The standard InChI is InChI=1S/C28H31BrFN3O4S/c1-3-16-31-28(35)26(18-21-8-5-4-6-9-21)32(19-22-10-7-11-23(29)17-22)27(34)20-33(38(2,36)37)25-14-12-24(30)13-15-25/h4-15,17,26H,3,16,18-20H2,1-2H3,(H,31,35). The molecule has 0 spiro atoms. The summed E-state index contributed by atoms with van der Waals surface area (Å²) in [6.07, 6.45) is 1.94. The van der Waals surface area contributed by atoms with E-state index in [2.05, 4.69) is 21.2 Å². The van der Waals surface area contributed by atoms with Crippen molar-refractivity contribution in [2.75, 3.05) is 23.7 Å². The number of nitrogens with zero attached hydrogens (tertiary/aromatic N) is 2. The number of carbonyl (C=O) groups excluding carboxylic acids is 2. The smallest absolute Gasteiger partial charge is 0.244 e. The summed E-state index contributed by atoms with van der Waals surface area (Å²) in [6.45, 7) is 1.90. The summed E-state index contributed by atoms with van der Waals surface area (Å²) in [5.41, 5.74) is 1.77. The molecule has 0 saturated carbocycles. The highest BCUT2D eigenvalue weighted by Crippen LogP contribution is 2.21. The fourth-order valence-corrected chi connectivity index (χ4v) is 5.27. The second-order valence-corrected chi connectivity index (χ2v) is 11.7. The van der Waals surface area contributed by atoms with E-state index in [9.17, 15) is 22.4 Å². The van der Waals surface area contributed by atoms with Crippen molar-refractivity contribution in [1.82, 2.24) is 10.2 Å². The third kappa shape index (κ3) is 8.39. The summed E-state index contributed by atoms with van der Waals surface area (Å²) in [6, 6.07) is 20.7. The van der Waals surface area contributed by atoms with Crippen LogP contribution in [0.3, 0.4) is 0 Å². The average molecular weight is 605 g/mol. The molecule has 202 valence electrons. The Kier molecular flexibility index (Phi) is 10.4. The van der Waals surface area contributed by atoms with Crippen molar-refractivity contribution in [3.8, 4) is 0 Å². The number of sulfonamides is 1. The first-order valence-corrected chi connectivity index (χ1v) is 14.8. The van der Waals surface area contributed by atoms with Crippen LogP contribution in [0.2, 0.25) is 0 Å². The first kappa shape index (κ1) is 29.3. The van der Waals surface area contributed by atoms with Gasteiger partial charge in [0.1, 0.15) is 18.4 Å². The lowest BCUT2D eigenvalue weighted by atomic mass is 10.0. The quantitative estimate of drug-likeness (QED) is 0.330. The molecular formula is C28H31BrFN3O4S. The summed E-state index contributed by atoms with van der Waals surface area (Å²) in [4.78, 5) is 28.7. The van der Waals surface area contributed by atoms with Crippen LogP contribution in [0.15, 0.2) is 83.3 Å². The summed E-state index contributed by atoms with van der Waals surface area (Å²) in [7, 11) is -3.90. The van der Waals surface area contributed by atoms with Crippen molar-refractivity contribution in [2.45, 2.75) is 32.4 Å². The number of rotatable bonds is 12. The maximum absolute atomic E-state index is 13.9. The van der Waals surface area contributed by atoms with Crippen LogP contribution < -0.4 is 9.62 Å². The van der Waals surface area contributed by atoms with E-state index in [0.717, 1.165) is 44.7 Å². The Hall–Kier alpha value is -3.24. The lowest BCUT2D eigenvalue weighted by Gasteiger charge is -2.33. The van der Waals surface area contributed by atoms with Gasteiger partial charge < -0.3 is 10.2 Å². The van der Waals surface area contributed by atoms with Gasteiger partial charge in [0.05, 0.1) is 11.9 Å². The van der Waals surface area contributed by atoms with Gasteiger partial charge in [0.15, 0.2) is 0 Å². The van der Waals surface area contributed by atoms with Gasteiger partial charge in [-0.05, 0) is 53.9 Å². The van der Waals surface area contributed by atoms with Crippen molar-refractivity contribution < 1.29 is 22.4 Å². The Morgan fingerprint density at radius 3 is 2.24 bits per heavy atom. The number of nitrogens with one attached hydrogen (secondary N) is 1.